The number of Topliss-reactive ketones (excluding diaryl/α,β-unsaturated/α-hetero) is 1. The third-order valence-corrected chi connectivity index (χ3v) is 3.80. The van der Waals surface area contributed by atoms with Gasteiger partial charge in [0, 0.05) is 12.7 Å². The zero-order chi connectivity index (χ0) is 18.6. The maximum absolute atomic E-state index is 12.6. The summed E-state index contributed by atoms with van der Waals surface area (Å²) in [6.07, 6.45) is 0.218. The number of carbonyl (C=O) groups is 2. The third kappa shape index (κ3) is 4.29. The predicted molar refractivity (Wildman–Crippen MR) is 92.1 cm³/mol. The largest absolute Gasteiger partial charge is 0.493 e. The highest BCUT2D eigenvalue weighted by Gasteiger charge is 2.38. The topological polar surface area (TPSA) is 94.1 Å². The van der Waals surface area contributed by atoms with Crippen molar-refractivity contribution < 1.29 is 28.9 Å². The molecule has 0 saturated heterocycles. The number of benzene rings is 1. The lowest BCUT2D eigenvalue weighted by Gasteiger charge is -2.33. The SMILES string of the molecule is CCCCOc1cc2c(c(C(=O)C(O)OCC)c1)OC(C)(C)C(=O)N2. The van der Waals surface area contributed by atoms with Crippen LogP contribution in [0, 0.1) is 0 Å². The highest BCUT2D eigenvalue weighted by Crippen LogP contribution is 2.40. The molecule has 7 heteroatoms. The van der Waals surface area contributed by atoms with Crippen LogP contribution in [0.1, 0.15) is 50.9 Å². The molecule has 1 aromatic rings. The van der Waals surface area contributed by atoms with Crippen LogP contribution in [-0.4, -0.2) is 41.9 Å². The maximum atomic E-state index is 12.6. The summed E-state index contributed by atoms with van der Waals surface area (Å²) in [5, 5.41) is 12.6. The van der Waals surface area contributed by atoms with Crippen LogP contribution in [0.3, 0.4) is 0 Å². The molecule has 0 spiro atoms. The van der Waals surface area contributed by atoms with Crippen molar-refractivity contribution in [3.8, 4) is 11.5 Å². The second-order valence-electron chi connectivity index (χ2n) is 6.29. The Balaban J connectivity index is 2.43. The van der Waals surface area contributed by atoms with Gasteiger partial charge in [-0.1, -0.05) is 13.3 Å². The van der Waals surface area contributed by atoms with Crippen LogP contribution in [-0.2, 0) is 9.53 Å². The summed E-state index contributed by atoms with van der Waals surface area (Å²) >= 11 is 0. The summed E-state index contributed by atoms with van der Waals surface area (Å²) in [6.45, 7) is 7.59. The summed E-state index contributed by atoms with van der Waals surface area (Å²) in [7, 11) is 0. The van der Waals surface area contributed by atoms with Gasteiger partial charge in [-0.2, -0.15) is 0 Å². The molecule has 25 heavy (non-hydrogen) atoms. The minimum absolute atomic E-state index is 0.109. The summed E-state index contributed by atoms with van der Waals surface area (Å²) in [5.74, 6) is -0.348. The molecule has 1 amide bonds. The molecule has 138 valence electrons. The first kappa shape index (κ1) is 19.2. The van der Waals surface area contributed by atoms with Gasteiger partial charge in [-0.25, -0.2) is 0 Å². The van der Waals surface area contributed by atoms with Gasteiger partial charge in [0.15, 0.2) is 11.4 Å². The minimum atomic E-state index is -1.61. The maximum Gasteiger partial charge on any atom is 0.268 e. The average molecular weight is 351 g/mol. The number of unbranched alkanes of at least 4 members (excludes halogenated alkanes) is 1. The highest BCUT2D eigenvalue weighted by molar-refractivity contribution is 6.07. The monoisotopic (exact) mass is 351 g/mol. The molecular formula is C18H25NO6. The number of rotatable bonds is 8. The number of hydrogen-bond acceptors (Lipinski definition) is 6. The van der Waals surface area contributed by atoms with Crippen LogP contribution in [0.5, 0.6) is 11.5 Å². The van der Waals surface area contributed by atoms with Gasteiger partial charge >= 0.3 is 0 Å². The molecular weight excluding hydrogens is 326 g/mol. The molecule has 1 atom stereocenters. The number of fused-ring (bicyclic) bond motifs is 1. The Labute approximate surface area is 147 Å². The van der Waals surface area contributed by atoms with Gasteiger partial charge < -0.3 is 24.6 Å². The van der Waals surface area contributed by atoms with Crippen molar-refractivity contribution in [3.63, 3.8) is 0 Å². The number of nitrogens with one attached hydrogen (secondary N) is 1. The Morgan fingerprint density at radius 1 is 1.36 bits per heavy atom. The van der Waals surface area contributed by atoms with E-state index in [1.807, 2.05) is 6.92 Å². The van der Waals surface area contributed by atoms with Crippen LogP contribution in [0.2, 0.25) is 0 Å². The number of aliphatic hydroxyl groups excluding tert-OH is 1. The van der Waals surface area contributed by atoms with Gasteiger partial charge in [-0.05, 0) is 33.3 Å². The van der Waals surface area contributed by atoms with E-state index in [1.165, 1.54) is 6.07 Å². The molecule has 1 aliphatic heterocycles. The van der Waals surface area contributed by atoms with Crippen LogP contribution in [0.15, 0.2) is 12.1 Å². The Morgan fingerprint density at radius 2 is 2.08 bits per heavy atom. The molecule has 0 radical (unpaired) electrons. The molecule has 0 saturated carbocycles. The molecule has 1 unspecified atom stereocenters. The molecule has 1 aliphatic rings. The lowest BCUT2D eigenvalue weighted by atomic mass is 10.0. The van der Waals surface area contributed by atoms with E-state index < -0.39 is 17.7 Å². The summed E-state index contributed by atoms with van der Waals surface area (Å²) in [5.41, 5.74) is -0.688. The van der Waals surface area contributed by atoms with Crippen LogP contribution >= 0.6 is 0 Å². The molecule has 1 aromatic carbocycles. The van der Waals surface area contributed by atoms with Gasteiger partial charge in [0.25, 0.3) is 5.91 Å². The molecule has 0 aromatic heterocycles. The molecule has 0 bridgehead atoms. The zero-order valence-corrected chi connectivity index (χ0v) is 15.0. The predicted octanol–water partition coefficient (Wildman–Crippen LogP) is 2.51. The lowest BCUT2D eigenvalue weighted by Crippen LogP contribution is -2.46. The standard InChI is InChI=1S/C18H25NO6/c1-5-7-8-24-11-9-12(14(20)16(21)23-6-2)15-13(10-11)19-17(22)18(3,4)25-15/h9-10,16,21H,5-8H2,1-4H3,(H,19,22). The number of hydrogen-bond donors (Lipinski definition) is 2. The van der Waals surface area contributed by atoms with E-state index in [0.717, 1.165) is 12.8 Å². The van der Waals surface area contributed by atoms with Crippen molar-refractivity contribution in [1.82, 2.24) is 0 Å². The fraction of sp³-hybridized carbons (Fsp3) is 0.556. The van der Waals surface area contributed by atoms with Gasteiger partial charge in [0.1, 0.15) is 5.75 Å². The third-order valence-electron chi connectivity index (χ3n) is 3.80. The number of ketones is 1. The first-order valence-electron chi connectivity index (χ1n) is 8.45. The Bertz CT molecular complexity index is 655. The van der Waals surface area contributed by atoms with Crippen molar-refractivity contribution in [2.24, 2.45) is 0 Å². The van der Waals surface area contributed by atoms with E-state index in [9.17, 15) is 14.7 Å². The van der Waals surface area contributed by atoms with Crippen LogP contribution in [0.25, 0.3) is 0 Å². The normalized spacial score (nSPS) is 16.4. The molecule has 0 aliphatic carbocycles. The van der Waals surface area contributed by atoms with E-state index in [2.05, 4.69) is 5.32 Å². The molecule has 7 nitrogen and oxygen atoms in total. The smallest absolute Gasteiger partial charge is 0.268 e. The van der Waals surface area contributed by atoms with Crippen LogP contribution < -0.4 is 14.8 Å². The summed E-state index contributed by atoms with van der Waals surface area (Å²) in [4.78, 5) is 24.7. The van der Waals surface area contributed by atoms with E-state index in [1.54, 1.807) is 26.8 Å². The first-order valence-corrected chi connectivity index (χ1v) is 8.45. The van der Waals surface area contributed by atoms with Crippen molar-refractivity contribution >= 4 is 17.4 Å². The number of amides is 1. The Hall–Kier alpha value is -2.12. The molecule has 2 N–H and O–H groups in total. The number of carbonyl (C=O) groups excluding carboxylic acids is 2. The van der Waals surface area contributed by atoms with Crippen molar-refractivity contribution in [3.05, 3.63) is 17.7 Å². The first-order chi connectivity index (χ1) is 11.8. The highest BCUT2D eigenvalue weighted by atomic mass is 16.6. The Kier molecular flexibility index (Phi) is 6.02. The van der Waals surface area contributed by atoms with Crippen molar-refractivity contribution in [2.75, 3.05) is 18.5 Å². The second kappa shape index (κ2) is 7.84. The number of anilines is 1. The zero-order valence-electron chi connectivity index (χ0n) is 15.0. The minimum Gasteiger partial charge on any atom is -0.493 e. The van der Waals surface area contributed by atoms with Crippen molar-refractivity contribution in [1.29, 1.82) is 0 Å². The second-order valence-corrected chi connectivity index (χ2v) is 6.29. The van der Waals surface area contributed by atoms with Crippen LogP contribution in [0.4, 0.5) is 5.69 Å². The van der Waals surface area contributed by atoms with Gasteiger partial charge in [0.05, 0.1) is 17.9 Å². The van der Waals surface area contributed by atoms with E-state index in [-0.39, 0.29) is 23.8 Å². The van der Waals surface area contributed by atoms with Gasteiger partial charge in [0.2, 0.25) is 12.1 Å². The fourth-order valence-electron chi connectivity index (χ4n) is 2.35. The van der Waals surface area contributed by atoms with E-state index >= 15 is 0 Å². The van der Waals surface area contributed by atoms with E-state index in [0.29, 0.717) is 18.0 Å². The number of ether oxygens (including phenoxy) is 3. The average Bonchev–Trinajstić information content (AvgIpc) is 2.55. The summed E-state index contributed by atoms with van der Waals surface area (Å²) in [6, 6.07) is 3.12. The molecule has 2 rings (SSSR count). The quantitative estimate of drug-likeness (QED) is 0.425. The van der Waals surface area contributed by atoms with Gasteiger partial charge in [-0.3, -0.25) is 9.59 Å². The van der Waals surface area contributed by atoms with Crippen molar-refractivity contribution in [2.45, 2.75) is 52.4 Å². The molecule has 0 fully saturated rings. The fourth-order valence-corrected chi connectivity index (χ4v) is 2.35. The summed E-state index contributed by atoms with van der Waals surface area (Å²) < 4.78 is 16.4. The van der Waals surface area contributed by atoms with Gasteiger partial charge in [-0.15, -0.1) is 0 Å². The Morgan fingerprint density at radius 3 is 2.72 bits per heavy atom. The number of aliphatic hydroxyl groups is 1. The molecule has 1 heterocycles. The lowest BCUT2D eigenvalue weighted by molar-refractivity contribution is -0.129. The van der Waals surface area contributed by atoms with E-state index in [4.69, 9.17) is 14.2 Å².